The molecule has 346 valence electrons. The topological polar surface area (TPSA) is 125 Å². The smallest absolute Gasteiger partial charge is 0.252 e. The SMILES string of the molecule is N#Cc1ccc(-n2c3ccccc3c3cc(-c4cc5c6c(c4)-n4c7ccccc7c7cc(C#N)cc(c74)B6c4cc(C#N)cc6c7ccccc7n-5c46)ccc32)c(-c2nc(-c3ccccc3)nc(-c3ccccc3)n2)c1. The number of hydrogen-bond donors (Lipinski definition) is 0. The van der Waals surface area contributed by atoms with Crippen molar-refractivity contribution in [3.8, 4) is 80.6 Å². The van der Waals surface area contributed by atoms with Crippen LogP contribution in [0.3, 0.4) is 0 Å². The fourth-order valence-corrected chi connectivity index (χ4v) is 12.6. The van der Waals surface area contributed by atoms with E-state index in [2.05, 4.69) is 147 Å². The summed E-state index contributed by atoms with van der Waals surface area (Å²) in [5, 5.41) is 37.8. The van der Waals surface area contributed by atoms with Gasteiger partial charge in [-0.1, -0.05) is 121 Å². The number of para-hydroxylation sites is 3. The van der Waals surface area contributed by atoms with Gasteiger partial charge in [0.05, 0.1) is 62.7 Å². The number of nitrogens with zero attached hydrogens (tertiary/aromatic N) is 9. The van der Waals surface area contributed by atoms with E-state index >= 15 is 0 Å². The molecule has 0 spiro atoms. The van der Waals surface area contributed by atoms with Crippen LogP contribution in [0.5, 0.6) is 0 Å². The van der Waals surface area contributed by atoms with Gasteiger partial charge in [0.2, 0.25) is 0 Å². The number of nitriles is 3. The van der Waals surface area contributed by atoms with Crippen LogP contribution in [-0.2, 0) is 0 Å². The number of benzene rings is 10. The zero-order valence-corrected chi connectivity index (χ0v) is 40.2. The molecule has 0 atom stereocenters. The fraction of sp³-hybridized carbons (Fsp3) is 0. The predicted octanol–water partition coefficient (Wildman–Crippen LogP) is 12.6. The molecule has 4 aromatic heterocycles. The number of hydrogen-bond acceptors (Lipinski definition) is 6. The van der Waals surface area contributed by atoms with E-state index < -0.39 is 0 Å². The first-order valence-corrected chi connectivity index (χ1v) is 25.1. The lowest BCUT2D eigenvalue weighted by molar-refractivity contribution is 1.06. The maximum atomic E-state index is 10.6. The number of rotatable bonds is 5. The van der Waals surface area contributed by atoms with Crippen LogP contribution in [0.4, 0.5) is 0 Å². The van der Waals surface area contributed by atoms with Gasteiger partial charge in [-0.2, -0.15) is 15.8 Å². The van der Waals surface area contributed by atoms with Crippen molar-refractivity contribution in [1.82, 2.24) is 28.7 Å². The summed E-state index contributed by atoms with van der Waals surface area (Å²) in [6.07, 6.45) is 0. The third-order valence-corrected chi connectivity index (χ3v) is 15.7. The Hall–Kier alpha value is -10.9. The van der Waals surface area contributed by atoms with E-state index in [0.29, 0.717) is 39.7 Å². The van der Waals surface area contributed by atoms with Crippen molar-refractivity contribution in [3.63, 3.8) is 0 Å². The van der Waals surface area contributed by atoms with E-state index in [4.69, 9.17) is 15.0 Å². The number of fused-ring (bicyclic) bond motifs is 13. The summed E-state index contributed by atoms with van der Waals surface area (Å²) < 4.78 is 7.09. The zero-order chi connectivity index (χ0) is 50.3. The molecule has 10 aromatic carbocycles. The summed E-state index contributed by atoms with van der Waals surface area (Å²) in [6.45, 7) is -0.252. The van der Waals surface area contributed by atoms with E-state index in [1.54, 1.807) is 0 Å². The van der Waals surface area contributed by atoms with Crippen LogP contribution in [0.2, 0.25) is 0 Å². The second kappa shape index (κ2) is 15.6. The van der Waals surface area contributed by atoms with Crippen molar-refractivity contribution in [2.75, 3.05) is 0 Å². The molecule has 0 N–H and O–H groups in total. The van der Waals surface area contributed by atoms with Gasteiger partial charge < -0.3 is 13.7 Å². The molecule has 0 unspecified atom stereocenters. The van der Waals surface area contributed by atoms with E-state index in [1.807, 2.05) is 91.0 Å². The average molecular weight is 964 g/mol. The van der Waals surface area contributed by atoms with Gasteiger partial charge >= 0.3 is 0 Å². The van der Waals surface area contributed by atoms with Crippen LogP contribution >= 0.6 is 0 Å². The molecule has 10 heteroatoms. The van der Waals surface area contributed by atoms with Gasteiger partial charge in [-0.25, -0.2) is 15.0 Å². The molecule has 2 aliphatic rings. The monoisotopic (exact) mass is 963 g/mol. The molecule has 16 rings (SSSR count). The normalized spacial score (nSPS) is 12.1. The first kappa shape index (κ1) is 41.7. The minimum absolute atomic E-state index is 0.252. The van der Waals surface area contributed by atoms with Gasteiger partial charge in [0.25, 0.3) is 6.71 Å². The molecule has 2 aliphatic heterocycles. The van der Waals surface area contributed by atoms with Crippen LogP contribution < -0.4 is 16.4 Å². The van der Waals surface area contributed by atoms with E-state index in [1.165, 1.54) is 0 Å². The van der Waals surface area contributed by atoms with Crippen molar-refractivity contribution >= 4 is 88.5 Å². The molecule has 0 bridgehead atoms. The van der Waals surface area contributed by atoms with E-state index in [9.17, 15) is 15.8 Å². The third kappa shape index (κ3) is 5.74. The molecule has 0 aliphatic carbocycles. The molecule has 0 amide bonds. The summed E-state index contributed by atoms with van der Waals surface area (Å²) in [7, 11) is 0. The van der Waals surface area contributed by atoms with Gasteiger partial charge in [0.1, 0.15) is 0 Å². The maximum absolute atomic E-state index is 10.6. The molecule has 76 heavy (non-hydrogen) atoms. The third-order valence-electron chi connectivity index (χ3n) is 15.7. The minimum atomic E-state index is -0.252. The maximum Gasteiger partial charge on any atom is 0.252 e. The van der Waals surface area contributed by atoms with E-state index in [-0.39, 0.29) is 6.71 Å². The van der Waals surface area contributed by atoms with Crippen molar-refractivity contribution in [3.05, 3.63) is 223 Å². The average Bonchev–Trinajstić information content (AvgIpc) is 4.32. The predicted molar refractivity (Wildman–Crippen MR) is 303 cm³/mol. The lowest BCUT2D eigenvalue weighted by atomic mass is 9.34. The zero-order valence-electron chi connectivity index (χ0n) is 40.2. The Morgan fingerprint density at radius 1 is 0.329 bits per heavy atom. The second-order valence-electron chi connectivity index (χ2n) is 19.7. The van der Waals surface area contributed by atoms with Crippen LogP contribution in [0.15, 0.2) is 206 Å². The Labute approximate surface area is 434 Å². The molecular formula is C66H34BN9. The highest BCUT2D eigenvalue weighted by molar-refractivity contribution is 7.00. The highest BCUT2D eigenvalue weighted by Crippen LogP contribution is 2.43. The van der Waals surface area contributed by atoms with Crippen LogP contribution in [0, 0.1) is 34.0 Å². The van der Waals surface area contributed by atoms with Crippen molar-refractivity contribution in [2.45, 2.75) is 0 Å². The summed E-state index contributed by atoms with van der Waals surface area (Å²) in [6, 6.07) is 78.1. The van der Waals surface area contributed by atoms with Crippen LogP contribution in [0.1, 0.15) is 16.7 Å². The summed E-state index contributed by atoms with van der Waals surface area (Å²) in [5.74, 6) is 1.53. The highest BCUT2D eigenvalue weighted by Gasteiger charge is 2.42. The Kier molecular flexibility index (Phi) is 8.55. The Bertz CT molecular complexity index is 4830. The standard InChI is InChI=1S/C66H34BN9/c68-35-38-23-25-58(51(27-38)66-72-64(41-13-3-1-4-14-41)71-65(73-66)42-15-5-2-6-16-42)74-54-20-10-7-17-45(54)48-32-43(24-26-57(48)74)44-33-59-61-60(34-44)76-56-22-12-9-19-47(56)50-29-40(37-70)31-53(63(50)76)67(61)52-30-39(36-69)28-49-46-18-8-11-21-55(46)75(59)62(49)52/h1-34H. The van der Waals surface area contributed by atoms with Gasteiger partial charge in [-0.15, -0.1) is 0 Å². The molecule has 14 aromatic rings. The second-order valence-corrected chi connectivity index (χ2v) is 19.7. The molecule has 0 saturated heterocycles. The Morgan fingerprint density at radius 2 is 0.803 bits per heavy atom. The minimum Gasteiger partial charge on any atom is -0.310 e. The molecular weight excluding hydrogens is 930 g/mol. The van der Waals surface area contributed by atoms with Crippen LogP contribution in [0.25, 0.3) is 128 Å². The Morgan fingerprint density at radius 3 is 1.34 bits per heavy atom. The first-order chi connectivity index (χ1) is 37.5. The molecule has 0 saturated carbocycles. The quantitative estimate of drug-likeness (QED) is 0.158. The van der Waals surface area contributed by atoms with Gasteiger partial charge in [-0.05, 0) is 112 Å². The molecule has 9 nitrogen and oxygen atoms in total. The van der Waals surface area contributed by atoms with Gasteiger partial charge in [0, 0.05) is 71.4 Å². The summed E-state index contributed by atoms with van der Waals surface area (Å²) in [4.78, 5) is 15.3. The first-order valence-electron chi connectivity index (χ1n) is 25.1. The Balaban J connectivity index is 0.963. The fourth-order valence-electron chi connectivity index (χ4n) is 12.6. The summed E-state index contributed by atoms with van der Waals surface area (Å²) >= 11 is 0. The lowest BCUT2D eigenvalue weighted by Gasteiger charge is -2.34. The number of aromatic nitrogens is 6. The van der Waals surface area contributed by atoms with Crippen molar-refractivity contribution in [2.24, 2.45) is 0 Å². The van der Waals surface area contributed by atoms with Crippen molar-refractivity contribution < 1.29 is 0 Å². The molecule has 0 radical (unpaired) electrons. The molecule has 6 heterocycles. The van der Waals surface area contributed by atoms with Gasteiger partial charge in [0.15, 0.2) is 17.5 Å². The van der Waals surface area contributed by atoms with Crippen molar-refractivity contribution in [1.29, 1.82) is 15.8 Å². The highest BCUT2D eigenvalue weighted by atomic mass is 15.1. The largest absolute Gasteiger partial charge is 0.310 e. The van der Waals surface area contributed by atoms with Crippen LogP contribution in [-0.4, -0.2) is 35.4 Å². The lowest BCUT2D eigenvalue weighted by Crippen LogP contribution is -2.59. The summed E-state index contributed by atoms with van der Waals surface area (Å²) in [5.41, 5.74) is 18.6. The molecule has 0 fully saturated rings. The van der Waals surface area contributed by atoms with E-state index in [0.717, 1.165) is 121 Å². The van der Waals surface area contributed by atoms with Gasteiger partial charge in [-0.3, -0.25) is 0 Å².